The molecular weight excluding hydrogens is 468 g/mol. The van der Waals surface area contributed by atoms with Crippen LogP contribution >= 0.6 is 0 Å². The first-order valence-corrected chi connectivity index (χ1v) is 14.0. The van der Waals surface area contributed by atoms with Gasteiger partial charge >= 0.3 is 0 Å². The summed E-state index contributed by atoms with van der Waals surface area (Å²) >= 11 is 0. The summed E-state index contributed by atoms with van der Waals surface area (Å²) in [6, 6.07) is 29.6. The third kappa shape index (κ3) is 5.16. The first-order valence-electron chi connectivity index (χ1n) is 14.0. The van der Waals surface area contributed by atoms with Crippen molar-refractivity contribution in [3.63, 3.8) is 0 Å². The molecule has 2 heterocycles. The average molecular weight is 505 g/mol. The Balaban J connectivity index is 1.24. The van der Waals surface area contributed by atoms with E-state index in [1.54, 1.807) is 0 Å². The number of nitrogens with one attached hydrogen (secondary N) is 1. The van der Waals surface area contributed by atoms with E-state index >= 15 is 0 Å². The summed E-state index contributed by atoms with van der Waals surface area (Å²) in [6.07, 6.45) is 4.60. The summed E-state index contributed by atoms with van der Waals surface area (Å²) in [5, 5.41) is 4.59. The predicted molar refractivity (Wildman–Crippen MR) is 155 cm³/mol. The lowest BCUT2D eigenvalue weighted by molar-refractivity contribution is -0.127. The molecule has 1 aliphatic carbocycles. The van der Waals surface area contributed by atoms with Gasteiger partial charge in [0.25, 0.3) is 0 Å². The number of anilines is 1. The second-order valence-corrected chi connectivity index (χ2v) is 10.7. The molecule has 1 atom stereocenters. The Labute approximate surface area is 225 Å². The number of carbonyl (C=O) groups is 1. The second-order valence-electron chi connectivity index (χ2n) is 10.7. The van der Waals surface area contributed by atoms with Gasteiger partial charge in [0.1, 0.15) is 6.04 Å². The van der Waals surface area contributed by atoms with Crippen LogP contribution in [-0.2, 0) is 4.79 Å². The molecule has 0 spiro atoms. The summed E-state index contributed by atoms with van der Waals surface area (Å²) in [5.74, 6) is 0.142. The minimum atomic E-state index is -0.279. The van der Waals surface area contributed by atoms with E-state index in [1.165, 1.54) is 35.0 Å². The average Bonchev–Trinajstić information content (AvgIpc) is 3.47. The summed E-state index contributed by atoms with van der Waals surface area (Å²) in [4.78, 5) is 23.3. The molecule has 5 nitrogen and oxygen atoms in total. The van der Waals surface area contributed by atoms with E-state index < -0.39 is 0 Å². The maximum absolute atomic E-state index is 13.8. The van der Waals surface area contributed by atoms with E-state index in [0.717, 1.165) is 55.8 Å². The van der Waals surface area contributed by atoms with Crippen LogP contribution in [0.3, 0.4) is 0 Å². The second kappa shape index (κ2) is 11.0. The van der Waals surface area contributed by atoms with Gasteiger partial charge in [0.15, 0.2) is 0 Å². The lowest BCUT2D eigenvalue weighted by Gasteiger charge is -2.40. The molecular formula is C33H36N4O. The smallest absolute Gasteiger partial charge is 0.242 e. The Bertz CT molecular complexity index is 1390. The van der Waals surface area contributed by atoms with Crippen LogP contribution in [0.25, 0.3) is 22.0 Å². The summed E-state index contributed by atoms with van der Waals surface area (Å²) in [6.45, 7) is 5.48. The van der Waals surface area contributed by atoms with Gasteiger partial charge in [-0.1, -0.05) is 85.6 Å². The van der Waals surface area contributed by atoms with Gasteiger partial charge < -0.3 is 10.2 Å². The van der Waals surface area contributed by atoms with Crippen LogP contribution in [-0.4, -0.2) is 48.0 Å². The molecule has 1 saturated heterocycles. The molecule has 6 rings (SSSR count). The van der Waals surface area contributed by atoms with Crippen molar-refractivity contribution in [2.24, 2.45) is 0 Å². The number of pyridine rings is 1. The zero-order valence-electron chi connectivity index (χ0n) is 22.1. The van der Waals surface area contributed by atoms with Crippen LogP contribution < -0.4 is 10.2 Å². The Morgan fingerprint density at radius 1 is 0.842 bits per heavy atom. The van der Waals surface area contributed by atoms with Crippen molar-refractivity contribution in [2.45, 2.75) is 44.7 Å². The van der Waals surface area contributed by atoms with E-state index in [1.807, 2.05) is 12.1 Å². The lowest BCUT2D eigenvalue weighted by atomic mass is 9.98. The van der Waals surface area contributed by atoms with Crippen molar-refractivity contribution in [3.05, 3.63) is 96.2 Å². The number of fused-ring (bicyclic) bond motifs is 1. The summed E-state index contributed by atoms with van der Waals surface area (Å²) in [5.41, 5.74) is 6.75. The van der Waals surface area contributed by atoms with Crippen molar-refractivity contribution in [1.82, 2.24) is 15.2 Å². The third-order valence-corrected chi connectivity index (χ3v) is 8.13. The lowest BCUT2D eigenvalue weighted by Crippen LogP contribution is -2.52. The fourth-order valence-corrected chi connectivity index (χ4v) is 6.14. The molecule has 4 aromatic rings. The maximum atomic E-state index is 13.8. The van der Waals surface area contributed by atoms with Gasteiger partial charge in [-0.2, -0.15) is 0 Å². The monoisotopic (exact) mass is 504 g/mol. The van der Waals surface area contributed by atoms with Gasteiger partial charge in [-0.05, 0) is 48.6 Å². The predicted octanol–water partition coefficient (Wildman–Crippen LogP) is 6.13. The van der Waals surface area contributed by atoms with Gasteiger partial charge in [-0.25, -0.2) is 0 Å². The largest absolute Gasteiger partial charge is 0.368 e. The fraction of sp³-hybridized carbons (Fsp3) is 0.333. The maximum Gasteiger partial charge on any atom is 0.242 e. The van der Waals surface area contributed by atoms with Crippen molar-refractivity contribution in [3.8, 4) is 11.1 Å². The molecule has 5 heteroatoms. The van der Waals surface area contributed by atoms with Crippen molar-refractivity contribution in [2.75, 3.05) is 31.1 Å². The number of hydrogen-bond acceptors (Lipinski definition) is 4. The Morgan fingerprint density at radius 3 is 2.24 bits per heavy atom. The molecule has 3 aromatic carbocycles. The minimum Gasteiger partial charge on any atom is -0.368 e. The molecule has 1 aliphatic heterocycles. The van der Waals surface area contributed by atoms with Crippen LogP contribution in [0.15, 0.2) is 84.9 Å². The highest BCUT2D eigenvalue weighted by Gasteiger charge is 2.32. The molecule has 1 saturated carbocycles. The number of rotatable bonds is 6. The highest BCUT2D eigenvalue weighted by Crippen LogP contribution is 2.31. The van der Waals surface area contributed by atoms with Crippen LogP contribution in [0.2, 0.25) is 0 Å². The van der Waals surface area contributed by atoms with Crippen molar-refractivity contribution >= 4 is 22.5 Å². The number of hydrogen-bond donors (Lipinski definition) is 1. The molecule has 1 N–H and O–H groups in total. The molecule has 1 amide bonds. The highest BCUT2D eigenvalue weighted by molar-refractivity contribution is 5.92. The number of piperazine rings is 1. The Hall–Kier alpha value is -3.70. The van der Waals surface area contributed by atoms with Crippen LogP contribution in [0, 0.1) is 6.92 Å². The van der Waals surface area contributed by atoms with E-state index in [0.29, 0.717) is 6.04 Å². The number of carbonyl (C=O) groups excluding carboxylic acids is 1. The number of nitrogens with zero attached hydrogens (tertiary/aromatic N) is 3. The first kappa shape index (κ1) is 24.6. The number of aromatic nitrogens is 1. The first-order chi connectivity index (χ1) is 18.7. The molecule has 38 heavy (non-hydrogen) atoms. The van der Waals surface area contributed by atoms with E-state index in [4.69, 9.17) is 4.98 Å². The molecule has 0 radical (unpaired) electrons. The number of aryl methyl sites for hydroxylation is 1. The Kier molecular flexibility index (Phi) is 7.10. The Morgan fingerprint density at radius 2 is 1.50 bits per heavy atom. The quantitative estimate of drug-likeness (QED) is 0.343. The molecule has 0 bridgehead atoms. The molecule has 2 aliphatic rings. The van der Waals surface area contributed by atoms with Crippen molar-refractivity contribution in [1.29, 1.82) is 0 Å². The van der Waals surface area contributed by atoms with Gasteiger partial charge in [0.2, 0.25) is 5.91 Å². The third-order valence-electron chi connectivity index (χ3n) is 8.13. The number of benzene rings is 3. The molecule has 194 valence electrons. The zero-order valence-corrected chi connectivity index (χ0v) is 22.1. The number of amides is 1. The van der Waals surface area contributed by atoms with E-state index in [9.17, 15) is 4.79 Å². The standard InChI is InChI=1S/C33H36N4O/c1-24-23-31(29-13-7-8-14-30(29)34-24)36-19-21-37(22-20-36)32(33(38)35-28-11-5-6-12-28)27-17-15-26(16-18-27)25-9-3-2-4-10-25/h2-4,7-10,13-18,23,28,32H,5-6,11-12,19-22H2,1H3,(H,35,38). The molecule has 1 unspecified atom stereocenters. The van der Waals surface area contributed by atoms with Gasteiger partial charge in [0.05, 0.1) is 5.52 Å². The summed E-state index contributed by atoms with van der Waals surface area (Å²) < 4.78 is 0. The van der Waals surface area contributed by atoms with Gasteiger partial charge in [-0.3, -0.25) is 14.7 Å². The normalized spacial score (nSPS) is 17.6. The zero-order chi connectivity index (χ0) is 25.9. The SMILES string of the molecule is Cc1cc(N2CCN(C(C(=O)NC3CCCC3)c3ccc(-c4ccccc4)cc3)CC2)c2ccccc2n1. The van der Waals surface area contributed by atoms with Crippen LogP contribution in [0.5, 0.6) is 0 Å². The van der Waals surface area contributed by atoms with Crippen LogP contribution in [0.4, 0.5) is 5.69 Å². The number of para-hydroxylation sites is 1. The van der Waals surface area contributed by atoms with E-state index in [2.05, 4.69) is 94.8 Å². The molecule has 1 aromatic heterocycles. The summed E-state index contributed by atoms with van der Waals surface area (Å²) in [7, 11) is 0. The minimum absolute atomic E-state index is 0.142. The van der Waals surface area contributed by atoms with Gasteiger partial charge in [-0.15, -0.1) is 0 Å². The topological polar surface area (TPSA) is 48.5 Å². The molecule has 2 fully saturated rings. The van der Waals surface area contributed by atoms with Crippen LogP contribution in [0.1, 0.15) is 43.0 Å². The van der Waals surface area contributed by atoms with Gasteiger partial charge in [0, 0.05) is 49.0 Å². The van der Waals surface area contributed by atoms with E-state index in [-0.39, 0.29) is 11.9 Å². The highest BCUT2D eigenvalue weighted by atomic mass is 16.2. The fourth-order valence-electron chi connectivity index (χ4n) is 6.14. The van der Waals surface area contributed by atoms with Crippen molar-refractivity contribution < 1.29 is 4.79 Å².